The lowest BCUT2D eigenvalue weighted by atomic mass is 10.3. The van der Waals surface area contributed by atoms with Gasteiger partial charge in [-0.1, -0.05) is 12.1 Å². The second-order valence-electron chi connectivity index (χ2n) is 5.33. The van der Waals surface area contributed by atoms with Gasteiger partial charge in [-0.25, -0.2) is 4.98 Å². The van der Waals surface area contributed by atoms with Crippen molar-refractivity contribution < 1.29 is 0 Å². The zero-order valence-corrected chi connectivity index (χ0v) is 12.1. The van der Waals surface area contributed by atoms with Crippen LogP contribution in [0, 0.1) is 5.92 Å². The fourth-order valence-electron chi connectivity index (χ4n) is 2.30. The first kappa shape index (κ1) is 13.0. The van der Waals surface area contributed by atoms with Crippen molar-refractivity contribution in [2.75, 3.05) is 13.6 Å². The van der Waals surface area contributed by atoms with Gasteiger partial charge in [0, 0.05) is 20.6 Å². The van der Waals surface area contributed by atoms with Crippen LogP contribution in [0.4, 0.5) is 0 Å². The molecule has 3 rings (SSSR count). The SMILES string of the molecule is CN=C(NCc1nc2ccccc2n1C)NCC1CC1. The summed E-state index contributed by atoms with van der Waals surface area (Å²) < 4.78 is 2.12. The van der Waals surface area contributed by atoms with Crippen LogP contribution < -0.4 is 10.6 Å². The van der Waals surface area contributed by atoms with Gasteiger partial charge in [0.05, 0.1) is 17.6 Å². The van der Waals surface area contributed by atoms with Crippen LogP contribution in [0.5, 0.6) is 0 Å². The quantitative estimate of drug-likeness (QED) is 0.656. The van der Waals surface area contributed by atoms with Crippen LogP contribution in [0.2, 0.25) is 0 Å². The molecule has 5 heteroatoms. The standard InChI is InChI=1S/C15H21N5/c1-16-15(17-9-11-7-8-11)18-10-14-19-12-5-3-4-6-13(12)20(14)2/h3-6,11H,7-10H2,1-2H3,(H2,16,17,18). The number of aliphatic imine (C=N–C) groups is 1. The van der Waals surface area contributed by atoms with Gasteiger partial charge in [-0.15, -0.1) is 0 Å². The number of rotatable bonds is 4. The fourth-order valence-corrected chi connectivity index (χ4v) is 2.30. The molecule has 2 N–H and O–H groups in total. The number of fused-ring (bicyclic) bond motifs is 1. The Labute approximate surface area is 119 Å². The number of nitrogens with one attached hydrogen (secondary N) is 2. The molecule has 5 nitrogen and oxygen atoms in total. The zero-order chi connectivity index (χ0) is 13.9. The molecule has 0 aliphatic heterocycles. The summed E-state index contributed by atoms with van der Waals surface area (Å²) >= 11 is 0. The van der Waals surface area contributed by atoms with E-state index in [1.807, 2.05) is 25.2 Å². The van der Waals surface area contributed by atoms with E-state index < -0.39 is 0 Å². The van der Waals surface area contributed by atoms with Gasteiger partial charge in [-0.05, 0) is 30.9 Å². The average molecular weight is 271 g/mol. The summed E-state index contributed by atoms with van der Waals surface area (Å²) in [5, 5.41) is 6.68. The number of aryl methyl sites for hydroxylation is 1. The predicted octanol–water partition coefficient (Wildman–Crippen LogP) is 1.65. The van der Waals surface area contributed by atoms with Gasteiger partial charge in [0.15, 0.2) is 5.96 Å². The van der Waals surface area contributed by atoms with Crippen LogP contribution in [0.15, 0.2) is 29.3 Å². The van der Waals surface area contributed by atoms with Gasteiger partial charge in [0.2, 0.25) is 0 Å². The lowest BCUT2D eigenvalue weighted by Gasteiger charge is -2.11. The summed E-state index contributed by atoms with van der Waals surface area (Å²) in [6, 6.07) is 8.19. The number of aromatic nitrogens is 2. The Morgan fingerprint density at radius 1 is 1.35 bits per heavy atom. The summed E-state index contributed by atoms with van der Waals surface area (Å²) in [7, 11) is 3.85. The van der Waals surface area contributed by atoms with Gasteiger partial charge in [0.1, 0.15) is 5.82 Å². The first-order valence-corrected chi connectivity index (χ1v) is 7.13. The van der Waals surface area contributed by atoms with Crippen LogP contribution in [0.25, 0.3) is 11.0 Å². The molecule has 20 heavy (non-hydrogen) atoms. The van der Waals surface area contributed by atoms with Crippen LogP contribution >= 0.6 is 0 Å². The zero-order valence-electron chi connectivity index (χ0n) is 12.1. The van der Waals surface area contributed by atoms with E-state index in [2.05, 4.69) is 31.2 Å². The molecule has 1 aliphatic rings. The Bertz CT molecular complexity index is 624. The Kier molecular flexibility index (Phi) is 3.58. The number of imidazole rings is 1. The minimum Gasteiger partial charge on any atom is -0.356 e. The van der Waals surface area contributed by atoms with E-state index in [4.69, 9.17) is 0 Å². The minimum atomic E-state index is 0.676. The fraction of sp³-hybridized carbons (Fsp3) is 0.467. The molecule has 1 saturated carbocycles. The van der Waals surface area contributed by atoms with Crippen molar-refractivity contribution in [3.8, 4) is 0 Å². The number of nitrogens with zero attached hydrogens (tertiary/aromatic N) is 3. The topological polar surface area (TPSA) is 54.2 Å². The summed E-state index contributed by atoms with van der Waals surface area (Å²) in [5.74, 6) is 2.70. The lowest BCUT2D eigenvalue weighted by molar-refractivity contribution is 0.711. The second kappa shape index (κ2) is 5.53. The van der Waals surface area contributed by atoms with E-state index in [9.17, 15) is 0 Å². The third-order valence-electron chi connectivity index (χ3n) is 3.77. The first-order chi connectivity index (χ1) is 9.78. The molecule has 0 unspecified atom stereocenters. The molecule has 0 saturated heterocycles. The predicted molar refractivity (Wildman–Crippen MR) is 81.6 cm³/mol. The van der Waals surface area contributed by atoms with Gasteiger partial charge < -0.3 is 15.2 Å². The van der Waals surface area contributed by atoms with Gasteiger partial charge in [0.25, 0.3) is 0 Å². The molecule has 1 aliphatic carbocycles. The molecule has 0 radical (unpaired) electrons. The summed E-state index contributed by atoms with van der Waals surface area (Å²) in [6.45, 7) is 1.69. The van der Waals surface area contributed by atoms with E-state index in [-0.39, 0.29) is 0 Å². The maximum Gasteiger partial charge on any atom is 0.191 e. The van der Waals surface area contributed by atoms with Gasteiger partial charge >= 0.3 is 0 Å². The number of benzene rings is 1. The Morgan fingerprint density at radius 3 is 2.85 bits per heavy atom. The average Bonchev–Trinajstić information content (AvgIpc) is 3.25. The van der Waals surface area contributed by atoms with Gasteiger partial charge in [-0.2, -0.15) is 0 Å². The summed E-state index contributed by atoms with van der Waals surface area (Å²) in [5.41, 5.74) is 2.19. The normalized spacial score (nSPS) is 15.6. The molecule has 1 heterocycles. The molecule has 0 bridgehead atoms. The summed E-state index contributed by atoms with van der Waals surface area (Å²) in [4.78, 5) is 8.89. The number of guanidine groups is 1. The monoisotopic (exact) mass is 271 g/mol. The highest BCUT2D eigenvalue weighted by Crippen LogP contribution is 2.27. The Hall–Kier alpha value is -2.04. The molecule has 0 spiro atoms. The maximum atomic E-state index is 4.64. The van der Waals surface area contributed by atoms with E-state index in [0.717, 1.165) is 35.3 Å². The number of para-hydroxylation sites is 2. The second-order valence-corrected chi connectivity index (χ2v) is 5.33. The van der Waals surface area contributed by atoms with E-state index in [1.165, 1.54) is 12.8 Å². The first-order valence-electron chi connectivity index (χ1n) is 7.13. The smallest absolute Gasteiger partial charge is 0.191 e. The molecular weight excluding hydrogens is 250 g/mol. The molecule has 1 fully saturated rings. The highest BCUT2D eigenvalue weighted by molar-refractivity contribution is 5.80. The van der Waals surface area contributed by atoms with Crippen molar-refractivity contribution in [2.45, 2.75) is 19.4 Å². The molecule has 0 atom stereocenters. The largest absolute Gasteiger partial charge is 0.356 e. The third-order valence-corrected chi connectivity index (χ3v) is 3.77. The molecule has 0 amide bonds. The Balaban J connectivity index is 1.64. The van der Waals surface area contributed by atoms with E-state index >= 15 is 0 Å². The molecule has 1 aromatic carbocycles. The minimum absolute atomic E-state index is 0.676. The van der Waals surface area contributed by atoms with Crippen molar-refractivity contribution in [1.29, 1.82) is 0 Å². The van der Waals surface area contributed by atoms with Crippen LogP contribution in [0.1, 0.15) is 18.7 Å². The van der Waals surface area contributed by atoms with Crippen molar-refractivity contribution >= 4 is 17.0 Å². The highest BCUT2D eigenvalue weighted by Gasteiger charge is 2.21. The van der Waals surface area contributed by atoms with Crippen molar-refractivity contribution in [1.82, 2.24) is 20.2 Å². The van der Waals surface area contributed by atoms with Crippen LogP contribution in [-0.2, 0) is 13.6 Å². The van der Waals surface area contributed by atoms with Crippen molar-refractivity contribution in [3.05, 3.63) is 30.1 Å². The molecular formula is C15H21N5. The van der Waals surface area contributed by atoms with Crippen molar-refractivity contribution in [2.24, 2.45) is 18.0 Å². The lowest BCUT2D eigenvalue weighted by Crippen LogP contribution is -2.38. The Morgan fingerprint density at radius 2 is 2.15 bits per heavy atom. The number of hydrogen-bond donors (Lipinski definition) is 2. The van der Waals surface area contributed by atoms with Crippen molar-refractivity contribution in [3.63, 3.8) is 0 Å². The van der Waals surface area contributed by atoms with Crippen LogP contribution in [0.3, 0.4) is 0 Å². The molecule has 1 aromatic heterocycles. The van der Waals surface area contributed by atoms with Crippen LogP contribution in [-0.4, -0.2) is 29.1 Å². The van der Waals surface area contributed by atoms with E-state index in [0.29, 0.717) is 6.54 Å². The summed E-state index contributed by atoms with van der Waals surface area (Å²) in [6.07, 6.45) is 2.68. The van der Waals surface area contributed by atoms with E-state index in [1.54, 1.807) is 7.05 Å². The third kappa shape index (κ3) is 2.76. The highest BCUT2D eigenvalue weighted by atomic mass is 15.2. The van der Waals surface area contributed by atoms with Gasteiger partial charge in [-0.3, -0.25) is 4.99 Å². The maximum absolute atomic E-state index is 4.64. The number of hydrogen-bond acceptors (Lipinski definition) is 2. The molecule has 106 valence electrons. The molecule has 2 aromatic rings.